The standard InChI is InChI=1S/C28H35N4O2/c1-5-12-32-13-6-7-21(17-32)20-8-9-25-22(15-20)24(18-33-27(29)30)23-14-19(10-11-28(2,3)4)16-31-26(23)34-25/h6-9,13-17,24H,5,10-12,18H2,1-4H3,(H3,29,30)/q+1. The van der Waals surface area contributed by atoms with E-state index >= 15 is 0 Å². The molecule has 3 N–H and O–H groups in total. The highest BCUT2D eigenvalue weighted by molar-refractivity contribution is 5.69. The molecule has 1 unspecified atom stereocenters. The number of rotatable bonds is 7. The Morgan fingerprint density at radius 2 is 2.00 bits per heavy atom. The molecule has 1 atom stereocenters. The molecule has 3 aromatic rings. The Hall–Kier alpha value is -3.41. The van der Waals surface area contributed by atoms with E-state index in [-0.39, 0.29) is 24.0 Å². The fourth-order valence-electron chi connectivity index (χ4n) is 4.31. The second kappa shape index (κ2) is 9.84. The Morgan fingerprint density at radius 1 is 1.18 bits per heavy atom. The quantitative estimate of drug-likeness (QED) is 0.275. The first-order valence-electron chi connectivity index (χ1n) is 12.0. The summed E-state index contributed by atoms with van der Waals surface area (Å²) >= 11 is 0. The van der Waals surface area contributed by atoms with E-state index in [0.717, 1.165) is 53.8 Å². The molecule has 0 bridgehead atoms. The molecule has 178 valence electrons. The van der Waals surface area contributed by atoms with E-state index in [9.17, 15) is 0 Å². The second-order valence-electron chi connectivity index (χ2n) is 10.2. The van der Waals surface area contributed by atoms with Crippen LogP contribution in [-0.4, -0.2) is 17.6 Å². The predicted molar refractivity (Wildman–Crippen MR) is 134 cm³/mol. The van der Waals surface area contributed by atoms with Crippen LogP contribution < -0.4 is 15.0 Å². The van der Waals surface area contributed by atoms with Gasteiger partial charge in [0.25, 0.3) is 6.02 Å². The summed E-state index contributed by atoms with van der Waals surface area (Å²) in [7, 11) is 0. The van der Waals surface area contributed by atoms with Gasteiger partial charge in [0, 0.05) is 35.4 Å². The van der Waals surface area contributed by atoms with Gasteiger partial charge in [0.05, 0.1) is 5.92 Å². The molecule has 1 aliphatic rings. The van der Waals surface area contributed by atoms with Crippen LogP contribution in [0.2, 0.25) is 0 Å². The van der Waals surface area contributed by atoms with Crippen molar-refractivity contribution in [3.05, 3.63) is 71.7 Å². The SMILES string of the molecule is CCC[n+]1cccc(-c2ccc3c(c2)C(COC(=N)N)c2cc(CCC(C)(C)C)cnc2O3)c1. The summed E-state index contributed by atoms with van der Waals surface area (Å²) in [6, 6.07) is 12.3. The van der Waals surface area contributed by atoms with Gasteiger partial charge in [-0.3, -0.25) is 5.41 Å². The fraction of sp³-hybridized carbons (Fsp3) is 0.393. The molecule has 0 fully saturated rings. The summed E-state index contributed by atoms with van der Waals surface area (Å²) in [4.78, 5) is 4.64. The third kappa shape index (κ3) is 5.56. The zero-order valence-corrected chi connectivity index (χ0v) is 20.6. The van der Waals surface area contributed by atoms with Gasteiger partial charge >= 0.3 is 0 Å². The number of aryl methyl sites for hydroxylation is 2. The number of amidine groups is 1. The minimum absolute atomic E-state index is 0.129. The average Bonchev–Trinajstić information content (AvgIpc) is 2.80. The largest absolute Gasteiger partial charge is 0.465 e. The van der Waals surface area contributed by atoms with Crippen LogP contribution in [0.3, 0.4) is 0 Å². The summed E-state index contributed by atoms with van der Waals surface area (Å²) in [6.45, 7) is 10.2. The monoisotopic (exact) mass is 459 g/mol. The lowest BCUT2D eigenvalue weighted by atomic mass is 9.85. The lowest BCUT2D eigenvalue weighted by molar-refractivity contribution is -0.696. The summed E-state index contributed by atoms with van der Waals surface area (Å²) < 4.78 is 13.9. The van der Waals surface area contributed by atoms with Gasteiger partial charge in [0.15, 0.2) is 12.4 Å². The maximum Gasteiger partial charge on any atom is 0.279 e. The van der Waals surface area contributed by atoms with Crippen LogP contribution in [-0.2, 0) is 17.7 Å². The average molecular weight is 460 g/mol. The first-order valence-corrected chi connectivity index (χ1v) is 12.0. The van der Waals surface area contributed by atoms with E-state index in [0.29, 0.717) is 5.88 Å². The Kier molecular flexibility index (Phi) is 6.87. The third-order valence-electron chi connectivity index (χ3n) is 6.15. The molecule has 0 saturated carbocycles. The van der Waals surface area contributed by atoms with E-state index < -0.39 is 0 Å². The number of nitrogens with two attached hydrogens (primary N) is 1. The Labute approximate surface area is 202 Å². The number of nitrogens with one attached hydrogen (secondary N) is 1. The second-order valence-corrected chi connectivity index (χ2v) is 10.2. The predicted octanol–water partition coefficient (Wildman–Crippen LogP) is 5.57. The van der Waals surface area contributed by atoms with Crippen molar-refractivity contribution in [2.45, 2.75) is 59.4 Å². The van der Waals surface area contributed by atoms with Crippen LogP contribution in [0.1, 0.15) is 63.1 Å². The molecule has 0 saturated heterocycles. The third-order valence-corrected chi connectivity index (χ3v) is 6.15. The van der Waals surface area contributed by atoms with E-state index in [1.807, 2.05) is 12.3 Å². The first-order chi connectivity index (χ1) is 16.2. The smallest absolute Gasteiger partial charge is 0.279 e. The number of benzene rings is 1. The van der Waals surface area contributed by atoms with Crippen LogP contribution in [0.5, 0.6) is 11.6 Å². The maximum absolute atomic E-state index is 7.60. The number of aromatic nitrogens is 2. The number of ether oxygens (including phenoxy) is 2. The van der Waals surface area contributed by atoms with Gasteiger partial charge in [-0.2, -0.15) is 0 Å². The fourth-order valence-corrected chi connectivity index (χ4v) is 4.31. The molecule has 0 radical (unpaired) electrons. The maximum atomic E-state index is 7.60. The summed E-state index contributed by atoms with van der Waals surface area (Å²) in [5.41, 5.74) is 11.2. The molecule has 2 aromatic heterocycles. The summed E-state index contributed by atoms with van der Waals surface area (Å²) in [6.07, 6.45) is 9.27. The van der Waals surface area contributed by atoms with Crippen molar-refractivity contribution in [1.29, 1.82) is 5.41 Å². The highest BCUT2D eigenvalue weighted by Crippen LogP contribution is 2.45. The summed E-state index contributed by atoms with van der Waals surface area (Å²) in [5.74, 6) is 1.23. The van der Waals surface area contributed by atoms with Crippen LogP contribution in [0.4, 0.5) is 0 Å². The Bertz CT molecular complexity index is 1180. The van der Waals surface area contributed by atoms with E-state index in [2.05, 4.69) is 80.0 Å². The summed E-state index contributed by atoms with van der Waals surface area (Å²) in [5, 5.41) is 7.60. The van der Waals surface area contributed by atoms with E-state index in [1.54, 1.807) is 0 Å². The lowest BCUT2D eigenvalue weighted by Gasteiger charge is -2.28. The topological polar surface area (TPSA) is 85.1 Å². The first kappa shape index (κ1) is 23.7. The van der Waals surface area contributed by atoms with Crippen molar-refractivity contribution in [3.8, 4) is 22.8 Å². The van der Waals surface area contributed by atoms with Crippen LogP contribution in [0.25, 0.3) is 11.1 Å². The molecule has 1 aliphatic heterocycles. The molecule has 1 aromatic carbocycles. The molecule has 4 rings (SSSR count). The minimum Gasteiger partial charge on any atom is -0.465 e. The Balaban J connectivity index is 1.72. The highest BCUT2D eigenvalue weighted by Gasteiger charge is 2.30. The lowest BCUT2D eigenvalue weighted by Crippen LogP contribution is -2.32. The van der Waals surface area contributed by atoms with Gasteiger partial charge in [-0.1, -0.05) is 33.8 Å². The van der Waals surface area contributed by atoms with Crippen molar-refractivity contribution in [2.75, 3.05) is 6.61 Å². The molecule has 6 nitrogen and oxygen atoms in total. The molecule has 34 heavy (non-hydrogen) atoms. The molecule has 0 spiro atoms. The normalized spacial score (nSPS) is 14.6. The van der Waals surface area contributed by atoms with Crippen molar-refractivity contribution >= 4 is 6.02 Å². The van der Waals surface area contributed by atoms with Crippen LogP contribution in [0, 0.1) is 10.8 Å². The van der Waals surface area contributed by atoms with Crippen LogP contribution >= 0.6 is 0 Å². The molecular weight excluding hydrogens is 424 g/mol. The molecular formula is C28H35N4O2+. The van der Waals surface area contributed by atoms with E-state index in [1.165, 1.54) is 5.56 Å². The van der Waals surface area contributed by atoms with Gasteiger partial charge in [-0.15, -0.1) is 0 Å². The van der Waals surface area contributed by atoms with Crippen molar-refractivity contribution < 1.29 is 14.0 Å². The van der Waals surface area contributed by atoms with Gasteiger partial charge < -0.3 is 15.2 Å². The van der Waals surface area contributed by atoms with Gasteiger partial charge in [0.1, 0.15) is 18.9 Å². The van der Waals surface area contributed by atoms with Gasteiger partial charge in [-0.25, -0.2) is 9.55 Å². The number of nitrogens with zero attached hydrogens (tertiary/aromatic N) is 2. The van der Waals surface area contributed by atoms with Gasteiger partial charge in [0.2, 0.25) is 5.88 Å². The number of fused-ring (bicyclic) bond motifs is 2. The van der Waals surface area contributed by atoms with E-state index in [4.69, 9.17) is 20.6 Å². The minimum atomic E-state index is -0.286. The highest BCUT2D eigenvalue weighted by atomic mass is 16.5. The number of hydrogen-bond acceptors (Lipinski definition) is 4. The van der Waals surface area contributed by atoms with Crippen molar-refractivity contribution in [1.82, 2.24) is 4.98 Å². The molecule has 0 aliphatic carbocycles. The van der Waals surface area contributed by atoms with Crippen molar-refractivity contribution in [3.63, 3.8) is 0 Å². The number of pyridine rings is 2. The van der Waals surface area contributed by atoms with Gasteiger partial charge in [-0.05, 0) is 53.6 Å². The Morgan fingerprint density at radius 3 is 2.74 bits per heavy atom. The number of hydrogen-bond donors (Lipinski definition) is 2. The molecule has 6 heteroatoms. The molecule has 3 heterocycles. The van der Waals surface area contributed by atoms with Crippen molar-refractivity contribution in [2.24, 2.45) is 11.1 Å². The zero-order chi connectivity index (χ0) is 24.3. The molecule has 0 amide bonds. The zero-order valence-electron chi connectivity index (χ0n) is 20.6. The van der Waals surface area contributed by atoms with Crippen LogP contribution in [0.15, 0.2) is 55.0 Å².